The highest BCUT2D eigenvalue weighted by molar-refractivity contribution is 14.1. The van der Waals surface area contributed by atoms with E-state index in [0.29, 0.717) is 0 Å². The molecule has 104 valence electrons. The molecule has 2 nitrogen and oxygen atoms in total. The summed E-state index contributed by atoms with van der Waals surface area (Å²) in [5, 5.41) is 5.11. The van der Waals surface area contributed by atoms with E-state index in [4.69, 9.17) is 0 Å². The van der Waals surface area contributed by atoms with E-state index in [1.807, 2.05) is 19.9 Å². The summed E-state index contributed by atoms with van der Waals surface area (Å²) < 4.78 is 1.28. The molecule has 0 spiro atoms. The van der Waals surface area contributed by atoms with E-state index in [-0.39, 0.29) is 10.7 Å². The molecular weight excluding hydrogens is 449 g/mol. The molecule has 0 saturated heterocycles. The van der Waals surface area contributed by atoms with E-state index in [2.05, 4.69) is 67.4 Å². The Balaban J connectivity index is 2.02. The van der Waals surface area contributed by atoms with E-state index in [1.165, 1.54) is 14.0 Å². The molecule has 1 aromatic carbocycles. The van der Waals surface area contributed by atoms with Gasteiger partial charge in [-0.15, -0.1) is 11.3 Å². The normalized spacial score (nSPS) is 17.7. The number of hydrogen-bond donors (Lipinski definition) is 1. The lowest BCUT2D eigenvalue weighted by Gasteiger charge is -2.17. The smallest absolute Gasteiger partial charge is 0.234 e. The highest BCUT2D eigenvalue weighted by Gasteiger charge is 2.38. The minimum atomic E-state index is -0.457. The molecule has 0 fully saturated rings. The first kappa shape index (κ1) is 14.5. The fourth-order valence-corrected chi connectivity index (χ4v) is 4.52. The standard InChI is InChI=1S/C15H13BrINOS/c1-15(2)10-5-8(3-4-11(10)18-14(15)19)13(16)9-6-12(17)20-7-9/h3-7,13H,1-2H3,(H,18,19). The molecule has 1 aromatic heterocycles. The number of hydrogen-bond acceptors (Lipinski definition) is 2. The number of carbonyl (C=O) groups excluding carboxylic acids is 1. The first-order valence-electron chi connectivity index (χ1n) is 6.23. The molecule has 1 aliphatic heterocycles. The number of rotatable bonds is 2. The van der Waals surface area contributed by atoms with Gasteiger partial charge in [-0.2, -0.15) is 0 Å². The van der Waals surface area contributed by atoms with Crippen molar-refractivity contribution in [3.8, 4) is 0 Å². The van der Waals surface area contributed by atoms with Crippen LogP contribution in [0.4, 0.5) is 5.69 Å². The predicted molar refractivity (Wildman–Crippen MR) is 95.9 cm³/mol. The first-order valence-corrected chi connectivity index (χ1v) is 9.11. The average molecular weight is 462 g/mol. The van der Waals surface area contributed by atoms with E-state index < -0.39 is 5.41 Å². The average Bonchev–Trinajstić information content (AvgIpc) is 2.92. The number of fused-ring (bicyclic) bond motifs is 1. The van der Waals surface area contributed by atoms with Gasteiger partial charge in [-0.3, -0.25) is 4.79 Å². The molecule has 5 heteroatoms. The molecule has 0 saturated carbocycles. The Morgan fingerprint density at radius 3 is 2.70 bits per heavy atom. The maximum absolute atomic E-state index is 12.0. The lowest BCUT2D eigenvalue weighted by Crippen LogP contribution is -2.26. The molecule has 0 bridgehead atoms. The Kier molecular flexibility index (Phi) is 3.71. The van der Waals surface area contributed by atoms with Gasteiger partial charge in [0.1, 0.15) is 0 Å². The molecule has 1 atom stereocenters. The third-order valence-corrected chi connectivity index (χ3v) is 6.57. The highest BCUT2D eigenvalue weighted by Crippen LogP contribution is 2.41. The van der Waals surface area contributed by atoms with E-state index in [1.54, 1.807) is 11.3 Å². The van der Waals surface area contributed by atoms with Gasteiger partial charge < -0.3 is 5.32 Å². The fraction of sp³-hybridized carbons (Fsp3) is 0.267. The lowest BCUT2D eigenvalue weighted by molar-refractivity contribution is -0.119. The second-order valence-electron chi connectivity index (χ2n) is 5.43. The number of anilines is 1. The van der Waals surface area contributed by atoms with Crippen molar-refractivity contribution in [1.29, 1.82) is 0 Å². The van der Waals surface area contributed by atoms with Crippen LogP contribution in [-0.4, -0.2) is 5.91 Å². The van der Waals surface area contributed by atoms with Crippen molar-refractivity contribution in [1.82, 2.24) is 0 Å². The number of nitrogens with one attached hydrogen (secondary N) is 1. The van der Waals surface area contributed by atoms with Gasteiger partial charge >= 0.3 is 0 Å². The number of thiophene rings is 1. The van der Waals surface area contributed by atoms with Gasteiger partial charge in [-0.05, 0) is 70.6 Å². The summed E-state index contributed by atoms with van der Waals surface area (Å²) in [4.78, 5) is 12.2. The first-order chi connectivity index (χ1) is 9.39. The number of alkyl halides is 1. The van der Waals surface area contributed by atoms with Crippen molar-refractivity contribution in [3.63, 3.8) is 0 Å². The Morgan fingerprint density at radius 2 is 2.05 bits per heavy atom. The van der Waals surface area contributed by atoms with Crippen LogP contribution >= 0.6 is 49.9 Å². The molecule has 0 radical (unpaired) electrons. The van der Waals surface area contributed by atoms with Crippen LogP contribution in [0.25, 0.3) is 0 Å². The monoisotopic (exact) mass is 461 g/mol. The molecular formula is C15H13BrINOS. The minimum Gasteiger partial charge on any atom is -0.325 e. The van der Waals surface area contributed by atoms with Crippen molar-refractivity contribution in [2.75, 3.05) is 5.32 Å². The summed E-state index contributed by atoms with van der Waals surface area (Å²) >= 11 is 7.84. The lowest BCUT2D eigenvalue weighted by atomic mass is 9.85. The third-order valence-electron chi connectivity index (χ3n) is 3.71. The van der Waals surface area contributed by atoms with Gasteiger partial charge in [-0.1, -0.05) is 28.1 Å². The van der Waals surface area contributed by atoms with Crippen LogP contribution in [0.2, 0.25) is 0 Å². The SMILES string of the molecule is CC1(C)C(=O)Nc2ccc(C(Br)c3csc(I)c3)cc21. The van der Waals surface area contributed by atoms with Crippen LogP contribution < -0.4 is 5.32 Å². The maximum atomic E-state index is 12.0. The molecule has 2 heterocycles. The molecule has 1 aliphatic rings. The zero-order valence-electron chi connectivity index (χ0n) is 11.0. The second kappa shape index (κ2) is 5.10. The van der Waals surface area contributed by atoms with Crippen molar-refractivity contribution in [3.05, 3.63) is 49.2 Å². The highest BCUT2D eigenvalue weighted by atomic mass is 127. The molecule has 2 aromatic rings. The largest absolute Gasteiger partial charge is 0.325 e. The Bertz CT molecular complexity index is 695. The van der Waals surface area contributed by atoms with Crippen LogP contribution in [0.5, 0.6) is 0 Å². The number of carbonyl (C=O) groups is 1. The van der Waals surface area contributed by atoms with E-state index in [0.717, 1.165) is 11.3 Å². The Hall–Kier alpha value is -0.400. The van der Waals surface area contributed by atoms with Crippen LogP contribution in [0, 0.1) is 2.88 Å². The van der Waals surface area contributed by atoms with Crippen molar-refractivity contribution in [2.45, 2.75) is 24.1 Å². The predicted octanol–water partition coefficient (Wildman–Crippen LogP) is 5.07. The molecule has 20 heavy (non-hydrogen) atoms. The molecule has 0 aliphatic carbocycles. The number of halogens is 2. The van der Waals surface area contributed by atoms with Gasteiger partial charge in [0.15, 0.2) is 0 Å². The Labute approximate surface area is 144 Å². The summed E-state index contributed by atoms with van der Waals surface area (Å²) in [6.45, 7) is 3.93. The van der Waals surface area contributed by atoms with Gasteiger partial charge in [-0.25, -0.2) is 0 Å². The molecule has 3 rings (SSSR count). The van der Waals surface area contributed by atoms with Gasteiger partial charge in [0.25, 0.3) is 0 Å². The zero-order chi connectivity index (χ0) is 14.5. The maximum Gasteiger partial charge on any atom is 0.234 e. The minimum absolute atomic E-state index is 0.0702. The number of amides is 1. The Morgan fingerprint density at radius 1 is 1.30 bits per heavy atom. The number of benzene rings is 1. The van der Waals surface area contributed by atoms with Crippen LogP contribution in [0.1, 0.15) is 35.4 Å². The van der Waals surface area contributed by atoms with Crippen molar-refractivity contribution in [2.24, 2.45) is 0 Å². The van der Waals surface area contributed by atoms with Gasteiger partial charge in [0.2, 0.25) is 5.91 Å². The van der Waals surface area contributed by atoms with Crippen LogP contribution in [0.3, 0.4) is 0 Å². The van der Waals surface area contributed by atoms with Gasteiger partial charge in [0, 0.05) is 5.69 Å². The summed E-state index contributed by atoms with van der Waals surface area (Å²) in [5.74, 6) is 0.0702. The molecule has 1 unspecified atom stereocenters. The van der Waals surface area contributed by atoms with Crippen molar-refractivity contribution >= 4 is 61.5 Å². The third kappa shape index (κ3) is 2.33. The quantitative estimate of drug-likeness (QED) is 0.491. The summed E-state index contributed by atoms with van der Waals surface area (Å²) in [7, 11) is 0. The van der Waals surface area contributed by atoms with Crippen LogP contribution in [-0.2, 0) is 10.2 Å². The van der Waals surface area contributed by atoms with E-state index >= 15 is 0 Å². The second-order valence-corrected chi connectivity index (χ2v) is 9.15. The van der Waals surface area contributed by atoms with Crippen molar-refractivity contribution < 1.29 is 4.79 Å². The topological polar surface area (TPSA) is 29.1 Å². The summed E-state index contributed by atoms with van der Waals surface area (Å²) in [6, 6.07) is 8.40. The van der Waals surface area contributed by atoms with E-state index in [9.17, 15) is 4.79 Å². The molecule has 1 N–H and O–H groups in total. The fourth-order valence-electron chi connectivity index (χ4n) is 2.40. The summed E-state index contributed by atoms with van der Waals surface area (Å²) in [6.07, 6.45) is 0. The zero-order valence-corrected chi connectivity index (χ0v) is 15.6. The molecule has 1 amide bonds. The van der Waals surface area contributed by atoms with Gasteiger partial charge in [0.05, 0.1) is 13.1 Å². The summed E-state index contributed by atoms with van der Waals surface area (Å²) in [5.41, 5.74) is 4.00. The van der Waals surface area contributed by atoms with Crippen LogP contribution in [0.15, 0.2) is 29.6 Å².